The molecule has 0 bridgehead atoms. The quantitative estimate of drug-likeness (QED) is 0.465. The Bertz CT molecular complexity index is 1180. The SMILES string of the molecule is COc1ccc(C(=O)NNC(=O)c2ccc(NS(=O)(=O)c3cccs3)cc2)c(OC)c1. The molecule has 1 heterocycles. The van der Waals surface area contributed by atoms with Crippen molar-refractivity contribution in [2.24, 2.45) is 0 Å². The van der Waals surface area contributed by atoms with Crippen molar-refractivity contribution in [1.82, 2.24) is 10.9 Å². The summed E-state index contributed by atoms with van der Waals surface area (Å²) in [7, 11) is -0.768. The smallest absolute Gasteiger partial charge is 0.273 e. The molecule has 1 aromatic heterocycles. The van der Waals surface area contributed by atoms with Gasteiger partial charge in [-0.3, -0.25) is 25.2 Å². The highest BCUT2D eigenvalue weighted by Gasteiger charge is 2.17. The second kappa shape index (κ2) is 9.49. The molecule has 0 saturated heterocycles. The fourth-order valence-electron chi connectivity index (χ4n) is 2.55. The summed E-state index contributed by atoms with van der Waals surface area (Å²) in [5, 5.41) is 1.66. The number of benzene rings is 2. The zero-order valence-corrected chi connectivity index (χ0v) is 18.2. The molecule has 0 aliphatic rings. The molecule has 0 spiro atoms. The van der Waals surface area contributed by atoms with E-state index in [-0.39, 0.29) is 21.1 Å². The van der Waals surface area contributed by atoms with Gasteiger partial charge in [-0.25, -0.2) is 8.42 Å². The highest BCUT2D eigenvalue weighted by molar-refractivity contribution is 7.94. The van der Waals surface area contributed by atoms with E-state index in [1.165, 1.54) is 50.6 Å². The zero-order chi connectivity index (χ0) is 22.4. The second-order valence-electron chi connectivity index (χ2n) is 6.09. The van der Waals surface area contributed by atoms with Crippen LogP contribution in [0.15, 0.2) is 64.2 Å². The lowest BCUT2D eigenvalue weighted by Gasteiger charge is -2.12. The maximum Gasteiger partial charge on any atom is 0.273 e. The summed E-state index contributed by atoms with van der Waals surface area (Å²) in [5.41, 5.74) is 5.35. The summed E-state index contributed by atoms with van der Waals surface area (Å²) in [6.45, 7) is 0. The van der Waals surface area contributed by atoms with Crippen LogP contribution in [0.1, 0.15) is 20.7 Å². The Morgan fingerprint density at radius 1 is 0.903 bits per heavy atom. The lowest BCUT2D eigenvalue weighted by molar-refractivity contribution is 0.0845. The molecule has 2 amide bonds. The Balaban J connectivity index is 1.62. The molecule has 0 unspecified atom stereocenters. The van der Waals surface area contributed by atoms with Gasteiger partial charge < -0.3 is 9.47 Å². The Morgan fingerprint density at radius 3 is 2.23 bits per heavy atom. The molecule has 0 saturated carbocycles. The predicted octanol–water partition coefficient (Wildman–Crippen LogP) is 2.64. The molecule has 11 heteroatoms. The van der Waals surface area contributed by atoms with Gasteiger partial charge in [-0.1, -0.05) is 6.07 Å². The molecule has 31 heavy (non-hydrogen) atoms. The number of amides is 2. The molecule has 0 fully saturated rings. The first-order valence-corrected chi connectivity index (χ1v) is 11.2. The van der Waals surface area contributed by atoms with Crippen molar-refractivity contribution in [3.63, 3.8) is 0 Å². The van der Waals surface area contributed by atoms with Crippen LogP contribution < -0.4 is 25.0 Å². The number of nitrogens with one attached hydrogen (secondary N) is 3. The van der Waals surface area contributed by atoms with E-state index in [4.69, 9.17) is 9.47 Å². The molecule has 0 radical (unpaired) electrons. The van der Waals surface area contributed by atoms with E-state index in [0.29, 0.717) is 11.4 Å². The number of hydrogen-bond acceptors (Lipinski definition) is 7. The van der Waals surface area contributed by atoms with Crippen molar-refractivity contribution in [1.29, 1.82) is 0 Å². The lowest BCUT2D eigenvalue weighted by atomic mass is 10.2. The number of carbonyl (C=O) groups excluding carboxylic acids is 2. The van der Waals surface area contributed by atoms with Gasteiger partial charge in [-0.15, -0.1) is 11.3 Å². The second-order valence-corrected chi connectivity index (χ2v) is 8.95. The van der Waals surface area contributed by atoms with Gasteiger partial charge in [0.1, 0.15) is 15.7 Å². The van der Waals surface area contributed by atoms with Crippen LogP contribution >= 0.6 is 11.3 Å². The van der Waals surface area contributed by atoms with E-state index in [1.54, 1.807) is 23.6 Å². The molecule has 9 nitrogen and oxygen atoms in total. The van der Waals surface area contributed by atoms with Crippen molar-refractivity contribution >= 4 is 38.9 Å². The Hall–Kier alpha value is -3.57. The summed E-state index contributed by atoms with van der Waals surface area (Å²) < 4.78 is 37.4. The van der Waals surface area contributed by atoms with Crippen molar-refractivity contribution in [3.05, 3.63) is 71.1 Å². The summed E-state index contributed by atoms with van der Waals surface area (Å²) in [5.74, 6) is -0.345. The molecule has 3 aromatic rings. The van der Waals surface area contributed by atoms with Crippen LogP contribution in [0.4, 0.5) is 5.69 Å². The molecular weight excluding hydrogens is 442 g/mol. The van der Waals surface area contributed by atoms with Crippen LogP contribution in [0, 0.1) is 0 Å². The Kier molecular flexibility index (Phi) is 6.78. The fourth-order valence-corrected chi connectivity index (χ4v) is 4.60. The van der Waals surface area contributed by atoms with Crippen molar-refractivity contribution in [2.45, 2.75) is 4.21 Å². The maximum atomic E-state index is 12.4. The average molecular weight is 462 g/mol. The number of hydrogen-bond donors (Lipinski definition) is 3. The number of hydrazine groups is 1. The molecule has 3 rings (SSSR count). The lowest BCUT2D eigenvalue weighted by Crippen LogP contribution is -2.41. The van der Waals surface area contributed by atoms with Crippen molar-refractivity contribution < 1.29 is 27.5 Å². The summed E-state index contributed by atoms with van der Waals surface area (Å²) in [6, 6.07) is 13.6. The monoisotopic (exact) mass is 461 g/mol. The van der Waals surface area contributed by atoms with E-state index in [0.717, 1.165) is 11.3 Å². The first kappa shape index (κ1) is 22.1. The predicted molar refractivity (Wildman–Crippen MR) is 116 cm³/mol. The van der Waals surface area contributed by atoms with Gasteiger partial charge in [0, 0.05) is 17.3 Å². The number of thiophene rings is 1. The molecule has 0 atom stereocenters. The third-order valence-corrected chi connectivity index (χ3v) is 6.88. The topological polar surface area (TPSA) is 123 Å². The fraction of sp³-hybridized carbons (Fsp3) is 0.100. The van der Waals surface area contributed by atoms with Crippen LogP contribution in [-0.4, -0.2) is 34.5 Å². The highest BCUT2D eigenvalue weighted by atomic mass is 32.2. The summed E-state index contributed by atoms with van der Waals surface area (Å²) in [4.78, 5) is 24.7. The van der Waals surface area contributed by atoms with Crippen LogP contribution in [0.3, 0.4) is 0 Å². The van der Waals surface area contributed by atoms with Gasteiger partial charge >= 0.3 is 0 Å². The van der Waals surface area contributed by atoms with Gasteiger partial charge in [0.2, 0.25) is 0 Å². The molecule has 162 valence electrons. The van der Waals surface area contributed by atoms with Gasteiger partial charge in [-0.2, -0.15) is 0 Å². The standard InChI is InChI=1S/C20H19N3O6S2/c1-28-15-9-10-16(17(12-15)29-2)20(25)22-21-19(24)13-5-7-14(8-6-13)23-31(26,27)18-4-3-11-30-18/h3-12,23H,1-2H3,(H,21,24)(H,22,25). The van der Waals surface area contributed by atoms with Gasteiger partial charge in [0.05, 0.1) is 19.8 Å². The number of methoxy groups -OCH3 is 2. The van der Waals surface area contributed by atoms with Crippen LogP contribution in [0.25, 0.3) is 0 Å². The molecule has 0 aliphatic carbocycles. The van der Waals surface area contributed by atoms with E-state index >= 15 is 0 Å². The minimum Gasteiger partial charge on any atom is -0.497 e. The first-order chi connectivity index (χ1) is 14.8. The summed E-state index contributed by atoms with van der Waals surface area (Å²) in [6.07, 6.45) is 0. The Labute approximate surface area is 183 Å². The largest absolute Gasteiger partial charge is 0.497 e. The minimum absolute atomic E-state index is 0.186. The van der Waals surface area contributed by atoms with Crippen LogP contribution in [0.2, 0.25) is 0 Å². The molecule has 2 aromatic carbocycles. The zero-order valence-electron chi connectivity index (χ0n) is 16.5. The Morgan fingerprint density at radius 2 is 1.61 bits per heavy atom. The van der Waals surface area contributed by atoms with E-state index in [2.05, 4.69) is 15.6 Å². The summed E-state index contributed by atoms with van der Waals surface area (Å²) >= 11 is 1.10. The number of sulfonamides is 1. The molecule has 3 N–H and O–H groups in total. The average Bonchev–Trinajstić information content (AvgIpc) is 3.33. The maximum absolute atomic E-state index is 12.4. The third-order valence-electron chi connectivity index (χ3n) is 4.10. The van der Waals surface area contributed by atoms with Gasteiger partial charge in [0.25, 0.3) is 21.8 Å². The van der Waals surface area contributed by atoms with E-state index in [9.17, 15) is 18.0 Å². The normalized spacial score (nSPS) is 10.8. The molecule has 0 aliphatic heterocycles. The third kappa shape index (κ3) is 5.32. The highest BCUT2D eigenvalue weighted by Crippen LogP contribution is 2.24. The number of anilines is 1. The van der Waals surface area contributed by atoms with Crippen LogP contribution in [-0.2, 0) is 10.0 Å². The van der Waals surface area contributed by atoms with Gasteiger partial charge in [-0.05, 0) is 47.8 Å². The number of carbonyl (C=O) groups is 2. The van der Waals surface area contributed by atoms with E-state index in [1.807, 2.05) is 0 Å². The van der Waals surface area contributed by atoms with Crippen LogP contribution in [0.5, 0.6) is 11.5 Å². The number of rotatable bonds is 7. The van der Waals surface area contributed by atoms with Crippen molar-refractivity contribution in [3.8, 4) is 11.5 Å². The van der Waals surface area contributed by atoms with E-state index < -0.39 is 21.8 Å². The molecular formula is C20H19N3O6S2. The first-order valence-electron chi connectivity index (χ1n) is 8.83. The minimum atomic E-state index is -3.68. The van der Waals surface area contributed by atoms with Gasteiger partial charge in [0.15, 0.2) is 0 Å². The van der Waals surface area contributed by atoms with Crippen molar-refractivity contribution in [2.75, 3.05) is 18.9 Å². The number of ether oxygens (including phenoxy) is 2.